The van der Waals surface area contributed by atoms with E-state index in [0.717, 1.165) is 41.3 Å². The van der Waals surface area contributed by atoms with E-state index in [1.165, 1.54) is 5.57 Å². The first-order chi connectivity index (χ1) is 10.6. The van der Waals surface area contributed by atoms with Crippen molar-refractivity contribution in [3.8, 4) is 5.75 Å². The Labute approximate surface area is 142 Å². The van der Waals surface area contributed by atoms with E-state index in [0.29, 0.717) is 0 Å². The molecule has 0 bridgehead atoms. The molecule has 0 aliphatic heterocycles. The first-order valence-electron chi connectivity index (χ1n) is 8.30. The van der Waals surface area contributed by atoms with E-state index < -0.39 is 14.2 Å². The summed E-state index contributed by atoms with van der Waals surface area (Å²) < 4.78 is 5.35. The molecular formula is C20H32O2Si. The second kappa shape index (κ2) is 8.51. The van der Waals surface area contributed by atoms with Crippen LogP contribution in [0.1, 0.15) is 37.5 Å². The number of hydrogen-bond acceptors (Lipinski definition) is 2. The zero-order chi connectivity index (χ0) is 17.6. The zero-order valence-corrected chi connectivity index (χ0v) is 16.6. The molecule has 0 spiro atoms. The molecule has 0 radical (unpaired) electrons. The van der Waals surface area contributed by atoms with E-state index in [1.54, 1.807) is 7.11 Å². The van der Waals surface area contributed by atoms with Crippen LogP contribution in [0.3, 0.4) is 0 Å². The predicted octanol–water partition coefficient (Wildman–Crippen LogP) is 5.52. The molecule has 0 fully saturated rings. The summed E-state index contributed by atoms with van der Waals surface area (Å²) in [6, 6.07) is 6.88. The van der Waals surface area contributed by atoms with E-state index >= 15 is 0 Å². The van der Waals surface area contributed by atoms with Crippen molar-refractivity contribution in [1.29, 1.82) is 0 Å². The smallest absolute Gasteiger partial charge is 0.119 e. The van der Waals surface area contributed by atoms with Crippen LogP contribution in [0.15, 0.2) is 42.0 Å². The van der Waals surface area contributed by atoms with Gasteiger partial charge in [-0.1, -0.05) is 43.9 Å². The van der Waals surface area contributed by atoms with Crippen LogP contribution < -0.4 is 4.74 Å². The first-order valence-corrected chi connectivity index (χ1v) is 12.0. The maximum Gasteiger partial charge on any atom is 0.119 e. The summed E-state index contributed by atoms with van der Waals surface area (Å²) in [6.07, 6.45) is 3.51. The lowest BCUT2D eigenvalue weighted by molar-refractivity contribution is 0.214. The molecule has 1 N–H and O–H groups in total. The van der Waals surface area contributed by atoms with Crippen molar-refractivity contribution < 1.29 is 9.84 Å². The van der Waals surface area contributed by atoms with E-state index in [1.807, 2.05) is 18.2 Å². The van der Waals surface area contributed by atoms with Gasteiger partial charge in [0.1, 0.15) is 5.75 Å². The summed E-state index contributed by atoms with van der Waals surface area (Å²) in [6.45, 7) is 15.3. The number of aliphatic hydroxyl groups excluding tert-OH is 1. The monoisotopic (exact) mass is 332 g/mol. The SMILES string of the molecule is C=C(C[Si](C)(C)C)C(O)c1ccc(OC)cc1CCC=C(C)C. The van der Waals surface area contributed by atoms with Crippen LogP contribution in [0.5, 0.6) is 5.75 Å². The molecule has 2 nitrogen and oxygen atoms in total. The molecule has 0 aliphatic carbocycles. The third-order valence-corrected chi connectivity index (χ3v) is 5.27. The summed E-state index contributed by atoms with van der Waals surface area (Å²) in [4.78, 5) is 0. The third-order valence-electron chi connectivity index (χ3n) is 3.76. The highest BCUT2D eigenvalue weighted by molar-refractivity contribution is 6.76. The molecule has 1 atom stereocenters. The second-order valence-corrected chi connectivity index (χ2v) is 13.2. The molecule has 0 amide bonds. The van der Waals surface area contributed by atoms with Crippen molar-refractivity contribution in [2.75, 3.05) is 7.11 Å². The van der Waals surface area contributed by atoms with Crippen molar-refractivity contribution in [2.24, 2.45) is 0 Å². The molecule has 0 heterocycles. The Morgan fingerprint density at radius 1 is 1.30 bits per heavy atom. The van der Waals surface area contributed by atoms with Gasteiger partial charge in [-0.15, -0.1) is 0 Å². The standard InChI is InChI=1S/C20H32O2Si/c1-15(2)9-8-10-17-13-18(22-4)11-12-19(17)20(21)16(3)14-23(5,6)7/h9,11-13,20-21H,3,8,10,14H2,1-2,4-7H3. The normalized spacial score (nSPS) is 12.7. The van der Waals surface area contributed by atoms with E-state index in [-0.39, 0.29) is 0 Å². The van der Waals surface area contributed by atoms with Crippen molar-refractivity contribution in [3.63, 3.8) is 0 Å². The fourth-order valence-electron chi connectivity index (χ4n) is 2.71. The number of benzene rings is 1. The molecule has 0 aromatic heterocycles. The van der Waals surface area contributed by atoms with Gasteiger partial charge in [0, 0.05) is 8.07 Å². The molecule has 1 rings (SSSR count). The third kappa shape index (κ3) is 6.75. The van der Waals surface area contributed by atoms with Gasteiger partial charge in [0.25, 0.3) is 0 Å². The van der Waals surface area contributed by atoms with Crippen LogP contribution in [0, 0.1) is 0 Å². The Bertz CT molecular complexity index is 563. The lowest BCUT2D eigenvalue weighted by Crippen LogP contribution is -2.22. The van der Waals surface area contributed by atoms with Gasteiger partial charge < -0.3 is 9.84 Å². The Morgan fingerprint density at radius 3 is 2.48 bits per heavy atom. The quantitative estimate of drug-likeness (QED) is 0.501. The van der Waals surface area contributed by atoms with E-state index in [4.69, 9.17) is 4.74 Å². The molecule has 1 unspecified atom stereocenters. The molecular weight excluding hydrogens is 300 g/mol. The minimum atomic E-state index is -1.29. The highest BCUT2D eigenvalue weighted by atomic mass is 28.3. The summed E-state index contributed by atoms with van der Waals surface area (Å²) in [5.41, 5.74) is 4.36. The number of aliphatic hydroxyl groups is 1. The Kier molecular flexibility index (Phi) is 7.29. The Hall–Kier alpha value is -1.32. The number of hydrogen-bond donors (Lipinski definition) is 1. The molecule has 1 aromatic rings. The van der Waals surface area contributed by atoms with Crippen molar-refractivity contribution in [1.82, 2.24) is 0 Å². The molecule has 23 heavy (non-hydrogen) atoms. The van der Waals surface area contributed by atoms with Gasteiger partial charge in [-0.3, -0.25) is 0 Å². The summed E-state index contributed by atoms with van der Waals surface area (Å²) in [5.74, 6) is 0.837. The van der Waals surface area contributed by atoms with Gasteiger partial charge >= 0.3 is 0 Å². The van der Waals surface area contributed by atoms with Crippen molar-refractivity contribution in [2.45, 2.75) is 58.5 Å². The Balaban J connectivity index is 3.03. The largest absolute Gasteiger partial charge is 0.497 e. The van der Waals surface area contributed by atoms with Gasteiger partial charge in [0.15, 0.2) is 0 Å². The molecule has 3 heteroatoms. The fraction of sp³-hybridized carbons (Fsp3) is 0.500. The van der Waals surface area contributed by atoms with Crippen LogP contribution in [-0.2, 0) is 6.42 Å². The van der Waals surface area contributed by atoms with Crippen LogP contribution in [0.2, 0.25) is 25.7 Å². The van der Waals surface area contributed by atoms with Gasteiger partial charge in [-0.25, -0.2) is 0 Å². The van der Waals surface area contributed by atoms with Gasteiger partial charge in [0.2, 0.25) is 0 Å². The van der Waals surface area contributed by atoms with E-state index in [2.05, 4.69) is 46.1 Å². The Morgan fingerprint density at radius 2 is 1.96 bits per heavy atom. The number of rotatable bonds is 8. The van der Waals surface area contributed by atoms with Crippen LogP contribution in [0.25, 0.3) is 0 Å². The molecule has 128 valence electrons. The number of allylic oxidation sites excluding steroid dienone is 2. The van der Waals surface area contributed by atoms with Crippen molar-refractivity contribution >= 4 is 8.07 Å². The van der Waals surface area contributed by atoms with Gasteiger partial charge in [-0.2, -0.15) is 0 Å². The summed E-state index contributed by atoms with van der Waals surface area (Å²) in [7, 11) is 0.391. The topological polar surface area (TPSA) is 29.5 Å². The number of methoxy groups -OCH3 is 1. The fourth-order valence-corrected chi connectivity index (χ4v) is 4.26. The first kappa shape index (κ1) is 19.7. The predicted molar refractivity (Wildman–Crippen MR) is 103 cm³/mol. The second-order valence-electron chi connectivity index (χ2n) is 7.68. The summed E-state index contributed by atoms with van der Waals surface area (Å²) >= 11 is 0. The minimum absolute atomic E-state index is 0.589. The highest BCUT2D eigenvalue weighted by Crippen LogP contribution is 2.32. The van der Waals surface area contributed by atoms with Crippen LogP contribution in [-0.4, -0.2) is 20.3 Å². The molecule has 0 aliphatic rings. The molecule has 0 saturated heterocycles. The highest BCUT2D eigenvalue weighted by Gasteiger charge is 2.22. The minimum Gasteiger partial charge on any atom is -0.497 e. The van der Waals surface area contributed by atoms with Gasteiger partial charge in [0.05, 0.1) is 13.2 Å². The molecule has 0 saturated carbocycles. The summed E-state index contributed by atoms with van der Waals surface area (Å²) in [5, 5.41) is 10.8. The van der Waals surface area contributed by atoms with Crippen LogP contribution >= 0.6 is 0 Å². The number of aryl methyl sites for hydroxylation is 1. The lowest BCUT2D eigenvalue weighted by Gasteiger charge is -2.23. The average molecular weight is 333 g/mol. The van der Waals surface area contributed by atoms with E-state index in [9.17, 15) is 5.11 Å². The van der Waals surface area contributed by atoms with Crippen LogP contribution in [0.4, 0.5) is 0 Å². The maximum atomic E-state index is 10.8. The lowest BCUT2D eigenvalue weighted by atomic mass is 9.95. The van der Waals surface area contributed by atoms with Crippen molar-refractivity contribution in [3.05, 3.63) is 53.1 Å². The average Bonchev–Trinajstić information content (AvgIpc) is 2.44. The maximum absolute atomic E-state index is 10.8. The zero-order valence-electron chi connectivity index (χ0n) is 15.6. The van der Waals surface area contributed by atoms with Gasteiger partial charge in [-0.05, 0) is 61.6 Å². The molecule has 1 aromatic carbocycles. The number of ether oxygens (including phenoxy) is 1.